The summed E-state index contributed by atoms with van der Waals surface area (Å²) in [5.41, 5.74) is 1.87. The molecule has 3 heterocycles. The van der Waals surface area contributed by atoms with Crippen LogP contribution in [0.25, 0.3) is 10.9 Å². The molecule has 4 rings (SSSR count). The maximum atomic E-state index is 11.6. The van der Waals surface area contributed by atoms with E-state index in [4.69, 9.17) is 32.7 Å². The molecule has 28 heavy (non-hydrogen) atoms. The van der Waals surface area contributed by atoms with Crippen LogP contribution in [0.2, 0.25) is 10.0 Å². The summed E-state index contributed by atoms with van der Waals surface area (Å²) >= 11 is 12.4. The first-order valence-electron chi connectivity index (χ1n) is 9.13. The summed E-state index contributed by atoms with van der Waals surface area (Å²) in [5, 5.41) is 6.06. The van der Waals surface area contributed by atoms with Crippen molar-refractivity contribution < 1.29 is 14.3 Å². The van der Waals surface area contributed by atoms with Gasteiger partial charge in [-0.05, 0) is 44.4 Å². The maximum absolute atomic E-state index is 11.6. The molecule has 0 unspecified atom stereocenters. The van der Waals surface area contributed by atoms with Crippen molar-refractivity contribution >= 4 is 40.4 Å². The van der Waals surface area contributed by atoms with Crippen LogP contribution in [0, 0.1) is 0 Å². The number of benzene rings is 1. The number of nitrogens with zero attached hydrogens (tertiary/aromatic N) is 3. The van der Waals surface area contributed by atoms with Gasteiger partial charge in [-0.25, -0.2) is 4.68 Å². The van der Waals surface area contributed by atoms with Crippen LogP contribution in [-0.4, -0.2) is 27.7 Å². The van der Waals surface area contributed by atoms with E-state index >= 15 is 0 Å². The van der Waals surface area contributed by atoms with Crippen molar-refractivity contribution in [3.05, 3.63) is 51.9 Å². The minimum absolute atomic E-state index is 0.148. The molecule has 0 saturated carbocycles. The highest BCUT2D eigenvalue weighted by Gasteiger charge is 2.22. The molecular weight excluding hydrogens is 401 g/mol. The molecule has 0 radical (unpaired) electrons. The van der Waals surface area contributed by atoms with Gasteiger partial charge >= 0.3 is 0 Å². The molecular formula is C20H19Cl2N3O3. The molecule has 1 fully saturated rings. The molecule has 1 aliphatic heterocycles. The topological polar surface area (TPSA) is 66.2 Å². The molecule has 2 atom stereocenters. The molecule has 2 aromatic heterocycles. The summed E-state index contributed by atoms with van der Waals surface area (Å²) in [7, 11) is 0. The van der Waals surface area contributed by atoms with Crippen LogP contribution in [0.4, 0.5) is 0 Å². The zero-order chi connectivity index (χ0) is 19.7. The number of aromatic nitrogens is 3. The van der Waals surface area contributed by atoms with Crippen LogP contribution >= 0.6 is 23.2 Å². The third-order valence-corrected chi connectivity index (χ3v) is 5.46. The Morgan fingerprint density at radius 1 is 1.29 bits per heavy atom. The number of halogens is 2. The van der Waals surface area contributed by atoms with E-state index in [0.29, 0.717) is 33.7 Å². The van der Waals surface area contributed by atoms with Gasteiger partial charge in [0.25, 0.3) is 0 Å². The van der Waals surface area contributed by atoms with E-state index in [-0.39, 0.29) is 6.23 Å². The Morgan fingerprint density at radius 3 is 2.75 bits per heavy atom. The Hall–Kier alpha value is -2.15. The van der Waals surface area contributed by atoms with Gasteiger partial charge in [0.15, 0.2) is 12.5 Å². The molecule has 0 aliphatic carbocycles. The molecule has 1 aliphatic rings. The second-order valence-electron chi connectivity index (χ2n) is 6.72. The van der Waals surface area contributed by atoms with Gasteiger partial charge in [0, 0.05) is 30.0 Å². The van der Waals surface area contributed by atoms with Crippen LogP contribution in [0.3, 0.4) is 0 Å². The highest BCUT2D eigenvalue weighted by molar-refractivity contribution is 6.35. The molecule has 0 bridgehead atoms. The number of carbonyl (C=O) groups is 1. The maximum Gasteiger partial charge on any atom is 0.170 e. The van der Waals surface area contributed by atoms with Gasteiger partial charge in [0.2, 0.25) is 0 Å². The Balaban J connectivity index is 1.67. The second-order valence-corrected chi connectivity index (χ2v) is 7.54. The molecule has 1 saturated heterocycles. The predicted octanol–water partition coefficient (Wildman–Crippen LogP) is 5.39. The highest BCUT2D eigenvalue weighted by atomic mass is 35.5. The van der Waals surface area contributed by atoms with Crippen LogP contribution in [0.15, 0.2) is 30.6 Å². The standard InChI is InChI=1S/C20H19Cl2N3O3/c1-12(20-15(21)9-23-10-16(20)22)28-13-5-6-18-14(8-13)17(11-26)24-25(18)19-4-2-3-7-27-19/h5-6,8-12,19H,2-4,7H2,1H3/t12-,19-/m1/s1. The van der Waals surface area contributed by atoms with Crippen LogP contribution < -0.4 is 4.74 Å². The number of ether oxygens (including phenoxy) is 2. The van der Waals surface area contributed by atoms with Gasteiger partial charge in [-0.1, -0.05) is 23.2 Å². The third-order valence-electron chi connectivity index (χ3n) is 4.86. The van der Waals surface area contributed by atoms with Crippen molar-refractivity contribution in [2.45, 2.75) is 38.5 Å². The summed E-state index contributed by atoms with van der Waals surface area (Å²) in [4.78, 5) is 15.5. The number of aldehydes is 1. The first kappa shape index (κ1) is 19.2. The molecule has 0 amide bonds. The van der Waals surface area contributed by atoms with Crippen molar-refractivity contribution in [2.24, 2.45) is 0 Å². The fourth-order valence-corrected chi connectivity index (χ4v) is 4.19. The fraction of sp³-hybridized carbons (Fsp3) is 0.350. The van der Waals surface area contributed by atoms with Crippen molar-refractivity contribution in [1.82, 2.24) is 14.8 Å². The largest absolute Gasteiger partial charge is 0.486 e. The molecule has 3 aromatic rings. The van der Waals surface area contributed by atoms with E-state index in [1.165, 1.54) is 12.4 Å². The van der Waals surface area contributed by atoms with Gasteiger partial charge in [0.1, 0.15) is 17.5 Å². The lowest BCUT2D eigenvalue weighted by atomic mass is 10.1. The van der Waals surface area contributed by atoms with E-state index in [0.717, 1.165) is 36.5 Å². The number of hydrogen-bond acceptors (Lipinski definition) is 5. The summed E-state index contributed by atoms with van der Waals surface area (Å²) < 4.78 is 13.7. The van der Waals surface area contributed by atoms with Crippen LogP contribution in [0.5, 0.6) is 5.75 Å². The van der Waals surface area contributed by atoms with Crippen molar-refractivity contribution in [3.8, 4) is 5.75 Å². The molecule has 1 aromatic carbocycles. The number of rotatable bonds is 5. The minimum atomic E-state index is -0.392. The highest BCUT2D eigenvalue weighted by Crippen LogP contribution is 2.34. The first-order valence-corrected chi connectivity index (χ1v) is 9.88. The Bertz CT molecular complexity index is 995. The van der Waals surface area contributed by atoms with Gasteiger partial charge in [-0.3, -0.25) is 9.78 Å². The Kier molecular flexibility index (Phi) is 5.53. The monoisotopic (exact) mass is 419 g/mol. The minimum Gasteiger partial charge on any atom is -0.486 e. The second kappa shape index (κ2) is 8.07. The van der Waals surface area contributed by atoms with E-state index in [2.05, 4.69) is 10.1 Å². The lowest BCUT2D eigenvalue weighted by molar-refractivity contribution is -0.0367. The average Bonchev–Trinajstić information content (AvgIpc) is 3.06. The average molecular weight is 420 g/mol. The molecule has 146 valence electrons. The molecule has 8 heteroatoms. The lowest BCUT2D eigenvalue weighted by Crippen LogP contribution is -2.19. The van der Waals surface area contributed by atoms with E-state index < -0.39 is 6.10 Å². The zero-order valence-electron chi connectivity index (χ0n) is 15.3. The van der Waals surface area contributed by atoms with Crippen LogP contribution in [0.1, 0.15) is 54.6 Å². The number of carbonyl (C=O) groups excluding carboxylic acids is 1. The number of hydrogen-bond donors (Lipinski definition) is 0. The first-order chi connectivity index (χ1) is 13.6. The van der Waals surface area contributed by atoms with Crippen LogP contribution in [-0.2, 0) is 4.74 Å². The van der Waals surface area contributed by atoms with E-state index in [1.54, 1.807) is 4.68 Å². The SMILES string of the molecule is C[C@@H](Oc1ccc2c(c1)c(C=O)nn2[C@H]1CCCCO1)c1c(Cl)cncc1Cl. The predicted molar refractivity (Wildman–Crippen MR) is 107 cm³/mol. The fourth-order valence-electron chi connectivity index (χ4n) is 3.51. The van der Waals surface area contributed by atoms with Gasteiger partial charge in [-0.15, -0.1) is 0 Å². The summed E-state index contributed by atoms with van der Waals surface area (Å²) in [6, 6.07) is 5.55. The molecule has 6 nitrogen and oxygen atoms in total. The summed E-state index contributed by atoms with van der Waals surface area (Å²) in [6.07, 6.45) is 6.28. The normalized spacial score (nSPS) is 18.2. The van der Waals surface area contributed by atoms with E-state index in [9.17, 15) is 4.79 Å². The third kappa shape index (κ3) is 3.60. The number of fused-ring (bicyclic) bond motifs is 1. The zero-order valence-corrected chi connectivity index (χ0v) is 16.8. The van der Waals surface area contributed by atoms with Gasteiger partial charge < -0.3 is 9.47 Å². The smallest absolute Gasteiger partial charge is 0.170 e. The molecule has 0 N–H and O–H groups in total. The summed E-state index contributed by atoms with van der Waals surface area (Å²) in [5.74, 6) is 0.594. The van der Waals surface area contributed by atoms with Crippen molar-refractivity contribution in [3.63, 3.8) is 0 Å². The Morgan fingerprint density at radius 2 is 2.07 bits per heavy atom. The summed E-state index contributed by atoms with van der Waals surface area (Å²) in [6.45, 7) is 2.56. The van der Waals surface area contributed by atoms with Gasteiger partial charge in [-0.2, -0.15) is 5.10 Å². The Labute approximate surface area is 172 Å². The van der Waals surface area contributed by atoms with Crippen molar-refractivity contribution in [2.75, 3.05) is 6.61 Å². The van der Waals surface area contributed by atoms with Crippen molar-refractivity contribution in [1.29, 1.82) is 0 Å². The lowest BCUT2D eigenvalue weighted by Gasteiger charge is -2.23. The number of pyridine rings is 1. The van der Waals surface area contributed by atoms with Gasteiger partial charge in [0.05, 0.1) is 15.6 Å². The quantitative estimate of drug-likeness (QED) is 0.518. The molecule has 0 spiro atoms. The van der Waals surface area contributed by atoms with E-state index in [1.807, 2.05) is 25.1 Å².